The maximum atomic E-state index is 13.2. The molecule has 1 saturated heterocycles. The van der Waals surface area contributed by atoms with E-state index in [2.05, 4.69) is 27.8 Å². The molecule has 1 aromatic carbocycles. The van der Waals surface area contributed by atoms with E-state index in [1.165, 1.54) is 0 Å². The molecular weight excluding hydrogens is 352 g/mol. The van der Waals surface area contributed by atoms with Crippen LogP contribution in [-0.4, -0.2) is 61.7 Å². The molecule has 1 aromatic heterocycles. The molecule has 3 heterocycles. The molecule has 1 fully saturated rings. The Bertz CT molecular complexity index is 835. The van der Waals surface area contributed by atoms with Crippen LogP contribution in [0.1, 0.15) is 30.1 Å². The molecule has 28 heavy (non-hydrogen) atoms. The number of rotatable bonds is 5. The molecule has 0 radical (unpaired) electrons. The third-order valence-corrected chi connectivity index (χ3v) is 5.55. The fourth-order valence-electron chi connectivity index (χ4n) is 4.11. The van der Waals surface area contributed by atoms with Crippen molar-refractivity contribution in [3.63, 3.8) is 0 Å². The van der Waals surface area contributed by atoms with E-state index in [-0.39, 0.29) is 12.0 Å². The van der Waals surface area contributed by atoms with Crippen molar-refractivity contribution in [3.05, 3.63) is 48.2 Å². The number of benzene rings is 1. The van der Waals surface area contributed by atoms with Crippen molar-refractivity contribution in [2.24, 2.45) is 0 Å². The van der Waals surface area contributed by atoms with Crippen LogP contribution in [0.4, 0.5) is 11.5 Å². The van der Waals surface area contributed by atoms with E-state index < -0.39 is 0 Å². The van der Waals surface area contributed by atoms with Gasteiger partial charge in [-0.25, -0.2) is 4.98 Å². The van der Waals surface area contributed by atoms with Gasteiger partial charge in [-0.15, -0.1) is 0 Å². The zero-order chi connectivity index (χ0) is 19.5. The van der Waals surface area contributed by atoms with Gasteiger partial charge in [0.25, 0.3) is 5.91 Å². The van der Waals surface area contributed by atoms with E-state index in [1.807, 2.05) is 37.4 Å². The highest BCUT2D eigenvalue weighted by Gasteiger charge is 2.28. The van der Waals surface area contributed by atoms with Gasteiger partial charge in [-0.3, -0.25) is 4.79 Å². The lowest BCUT2D eigenvalue weighted by atomic mass is 10.1. The first kappa shape index (κ1) is 18.6. The normalized spacial score (nSPS) is 18.6. The van der Waals surface area contributed by atoms with Crippen LogP contribution in [0.15, 0.2) is 42.6 Å². The summed E-state index contributed by atoms with van der Waals surface area (Å²) in [6.45, 7) is 6.31. The smallest absolute Gasteiger partial charge is 0.257 e. The van der Waals surface area contributed by atoms with E-state index in [9.17, 15) is 4.79 Å². The Morgan fingerprint density at radius 2 is 2.00 bits per heavy atom. The summed E-state index contributed by atoms with van der Waals surface area (Å²) in [5, 5.41) is 0. The molecule has 0 saturated carbocycles. The third kappa shape index (κ3) is 3.63. The van der Waals surface area contributed by atoms with Crippen LogP contribution in [0.25, 0.3) is 0 Å². The van der Waals surface area contributed by atoms with Gasteiger partial charge < -0.3 is 19.4 Å². The minimum absolute atomic E-state index is 0.000470. The minimum atomic E-state index is -0.0595. The largest absolute Gasteiger partial charge is 0.485 e. The number of ether oxygens (including phenoxy) is 1. The second-order valence-corrected chi connectivity index (χ2v) is 7.50. The van der Waals surface area contributed by atoms with Crippen molar-refractivity contribution < 1.29 is 9.53 Å². The number of anilines is 2. The lowest BCUT2D eigenvalue weighted by Crippen LogP contribution is -2.47. The van der Waals surface area contributed by atoms with Crippen LogP contribution < -0.4 is 14.5 Å². The van der Waals surface area contributed by atoms with Crippen LogP contribution in [0.5, 0.6) is 5.75 Å². The first-order chi connectivity index (χ1) is 13.7. The van der Waals surface area contributed by atoms with Crippen LogP contribution in [0.3, 0.4) is 0 Å². The number of hydrogen-bond acceptors (Lipinski definition) is 5. The molecule has 2 aliphatic rings. The molecule has 0 N–H and O–H groups in total. The Balaban J connectivity index is 1.49. The number of carbonyl (C=O) groups is 1. The SMILES string of the molecule is CCN1C[C@H](CN(C)C(=O)c2cccnc2N2CCCC2)Oc2ccccc21. The summed E-state index contributed by atoms with van der Waals surface area (Å²) in [6, 6.07) is 11.8. The Hall–Kier alpha value is -2.76. The molecule has 2 aromatic rings. The Morgan fingerprint density at radius 1 is 1.21 bits per heavy atom. The number of hydrogen-bond donors (Lipinski definition) is 0. The molecule has 1 amide bonds. The predicted molar refractivity (Wildman–Crippen MR) is 111 cm³/mol. The second-order valence-electron chi connectivity index (χ2n) is 7.50. The highest BCUT2D eigenvalue weighted by molar-refractivity contribution is 5.98. The zero-order valence-corrected chi connectivity index (χ0v) is 16.7. The lowest BCUT2D eigenvalue weighted by molar-refractivity contribution is 0.0710. The Morgan fingerprint density at radius 3 is 2.79 bits per heavy atom. The van der Waals surface area contributed by atoms with Gasteiger partial charge in [0.1, 0.15) is 17.7 Å². The molecule has 0 spiro atoms. The monoisotopic (exact) mass is 380 g/mol. The fraction of sp³-hybridized carbons (Fsp3) is 0.455. The summed E-state index contributed by atoms with van der Waals surface area (Å²) in [4.78, 5) is 24.0. The summed E-state index contributed by atoms with van der Waals surface area (Å²) < 4.78 is 6.19. The number of pyridine rings is 1. The average Bonchev–Trinajstić information content (AvgIpc) is 3.27. The van der Waals surface area contributed by atoms with Gasteiger partial charge in [-0.05, 0) is 44.0 Å². The van der Waals surface area contributed by atoms with Crippen LogP contribution in [0.2, 0.25) is 0 Å². The zero-order valence-electron chi connectivity index (χ0n) is 16.7. The third-order valence-electron chi connectivity index (χ3n) is 5.55. The summed E-state index contributed by atoms with van der Waals surface area (Å²) in [5.41, 5.74) is 1.80. The molecular formula is C22H28N4O2. The van der Waals surface area contributed by atoms with Gasteiger partial charge in [-0.1, -0.05) is 12.1 Å². The molecule has 2 aliphatic heterocycles. The Labute approximate surface area is 166 Å². The fourth-order valence-corrected chi connectivity index (χ4v) is 4.11. The second kappa shape index (κ2) is 8.09. The average molecular weight is 380 g/mol. The number of para-hydroxylation sites is 2. The van der Waals surface area contributed by atoms with E-state index in [1.54, 1.807) is 11.1 Å². The number of amides is 1. The molecule has 1 atom stereocenters. The quantitative estimate of drug-likeness (QED) is 0.798. The van der Waals surface area contributed by atoms with E-state index in [0.717, 1.165) is 56.3 Å². The van der Waals surface area contributed by atoms with Crippen molar-refractivity contribution in [3.8, 4) is 5.75 Å². The van der Waals surface area contributed by atoms with Crippen molar-refractivity contribution in [1.82, 2.24) is 9.88 Å². The van der Waals surface area contributed by atoms with Crippen molar-refractivity contribution in [1.29, 1.82) is 0 Å². The topological polar surface area (TPSA) is 48.9 Å². The molecule has 6 nitrogen and oxygen atoms in total. The number of carbonyl (C=O) groups excluding carboxylic acids is 1. The van der Waals surface area contributed by atoms with Crippen molar-refractivity contribution in [2.45, 2.75) is 25.9 Å². The van der Waals surface area contributed by atoms with Gasteiger partial charge in [0.2, 0.25) is 0 Å². The van der Waals surface area contributed by atoms with Crippen LogP contribution >= 0.6 is 0 Å². The van der Waals surface area contributed by atoms with E-state index >= 15 is 0 Å². The first-order valence-electron chi connectivity index (χ1n) is 10.1. The van der Waals surface area contributed by atoms with Gasteiger partial charge in [-0.2, -0.15) is 0 Å². The maximum absolute atomic E-state index is 13.2. The number of likely N-dealkylation sites (N-methyl/N-ethyl adjacent to an activating group) is 2. The molecule has 4 rings (SSSR count). The first-order valence-corrected chi connectivity index (χ1v) is 10.1. The molecule has 148 valence electrons. The summed E-state index contributed by atoms with van der Waals surface area (Å²) >= 11 is 0. The summed E-state index contributed by atoms with van der Waals surface area (Å²) in [5.74, 6) is 1.70. The molecule has 6 heteroatoms. The van der Waals surface area contributed by atoms with Gasteiger partial charge in [0.05, 0.1) is 24.3 Å². The van der Waals surface area contributed by atoms with Crippen LogP contribution in [-0.2, 0) is 0 Å². The molecule has 0 aliphatic carbocycles. The highest BCUT2D eigenvalue weighted by atomic mass is 16.5. The van der Waals surface area contributed by atoms with E-state index in [4.69, 9.17) is 4.74 Å². The molecule has 0 unspecified atom stereocenters. The predicted octanol–water partition coefficient (Wildman–Crippen LogP) is 3.04. The number of nitrogens with zero attached hydrogens (tertiary/aromatic N) is 4. The van der Waals surface area contributed by atoms with Gasteiger partial charge >= 0.3 is 0 Å². The number of fused-ring (bicyclic) bond motifs is 1. The van der Waals surface area contributed by atoms with Crippen molar-refractivity contribution >= 4 is 17.4 Å². The van der Waals surface area contributed by atoms with Crippen molar-refractivity contribution in [2.75, 3.05) is 49.6 Å². The minimum Gasteiger partial charge on any atom is -0.485 e. The highest BCUT2D eigenvalue weighted by Crippen LogP contribution is 2.33. The summed E-state index contributed by atoms with van der Waals surface area (Å²) in [6.07, 6.45) is 4.02. The Kier molecular flexibility index (Phi) is 5.37. The maximum Gasteiger partial charge on any atom is 0.257 e. The van der Waals surface area contributed by atoms with Crippen LogP contribution in [0, 0.1) is 0 Å². The van der Waals surface area contributed by atoms with Gasteiger partial charge in [0.15, 0.2) is 0 Å². The number of aromatic nitrogens is 1. The molecule has 0 bridgehead atoms. The summed E-state index contributed by atoms with van der Waals surface area (Å²) in [7, 11) is 1.85. The standard InChI is InChI=1S/C22H28N4O2/c1-3-25-16-17(28-20-11-5-4-10-19(20)25)15-24(2)22(27)18-9-8-12-23-21(18)26-13-6-7-14-26/h4-5,8-12,17H,3,6-7,13-16H2,1-2H3/t17-/m0/s1. The lowest BCUT2D eigenvalue weighted by Gasteiger charge is -2.37. The van der Waals surface area contributed by atoms with Gasteiger partial charge in [0, 0.05) is 32.9 Å². The van der Waals surface area contributed by atoms with E-state index in [0.29, 0.717) is 12.1 Å².